The smallest absolute Gasteiger partial charge is 0.238 e. The molecule has 108 valence electrons. The quantitative estimate of drug-likeness (QED) is 0.868. The van der Waals surface area contributed by atoms with Crippen molar-refractivity contribution in [3.05, 3.63) is 30.3 Å². The molecule has 20 heavy (non-hydrogen) atoms. The van der Waals surface area contributed by atoms with Crippen molar-refractivity contribution in [2.45, 2.75) is 25.8 Å². The summed E-state index contributed by atoms with van der Waals surface area (Å²) < 4.78 is 0. The second kappa shape index (κ2) is 7.05. The second-order valence-electron chi connectivity index (χ2n) is 5.19. The Labute approximate surface area is 119 Å². The second-order valence-corrected chi connectivity index (χ2v) is 5.19. The van der Waals surface area contributed by atoms with Crippen molar-refractivity contribution in [3.8, 4) is 0 Å². The fraction of sp³-hybridized carbons (Fsp3) is 0.467. The molecule has 2 N–H and O–H groups in total. The number of carbonyl (C=O) groups excluding carboxylic acids is 2. The highest BCUT2D eigenvalue weighted by Gasteiger charge is 2.21. The average molecular weight is 275 g/mol. The van der Waals surface area contributed by atoms with Crippen LogP contribution in [0.1, 0.15) is 19.8 Å². The summed E-state index contributed by atoms with van der Waals surface area (Å²) in [6.07, 6.45) is 1.99. The van der Waals surface area contributed by atoms with Gasteiger partial charge in [-0.2, -0.15) is 0 Å². The van der Waals surface area contributed by atoms with Crippen LogP contribution >= 0.6 is 0 Å². The van der Waals surface area contributed by atoms with Gasteiger partial charge in [-0.3, -0.25) is 14.5 Å². The predicted octanol–water partition coefficient (Wildman–Crippen LogP) is 1.23. The Bertz CT molecular complexity index is 461. The number of likely N-dealkylation sites (tertiary alicyclic amines) is 1. The van der Waals surface area contributed by atoms with Crippen molar-refractivity contribution in [1.82, 2.24) is 10.2 Å². The standard InChI is InChI=1S/C15H21N3O2/c1-12(19)16-14-8-5-9-18(10-14)11-15(20)17-13-6-3-2-4-7-13/h2-4,6-7,14H,5,8-11H2,1H3,(H,16,19)(H,17,20). The average Bonchev–Trinajstić information content (AvgIpc) is 2.39. The highest BCUT2D eigenvalue weighted by Crippen LogP contribution is 2.10. The van der Waals surface area contributed by atoms with E-state index >= 15 is 0 Å². The number of piperidine rings is 1. The Morgan fingerprint density at radius 1 is 1.30 bits per heavy atom. The van der Waals surface area contributed by atoms with Gasteiger partial charge in [-0.15, -0.1) is 0 Å². The summed E-state index contributed by atoms with van der Waals surface area (Å²) in [6.45, 7) is 3.53. The monoisotopic (exact) mass is 275 g/mol. The minimum atomic E-state index is -0.0142. The SMILES string of the molecule is CC(=O)NC1CCCN(CC(=O)Nc2ccccc2)C1. The molecule has 1 aromatic rings. The molecule has 0 bridgehead atoms. The summed E-state index contributed by atoms with van der Waals surface area (Å²) in [7, 11) is 0. The highest BCUT2D eigenvalue weighted by molar-refractivity contribution is 5.92. The van der Waals surface area contributed by atoms with E-state index in [0.717, 1.165) is 31.6 Å². The zero-order valence-electron chi connectivity index (χ0n) is 11.8. The van der Waals surface area contributed by atoms with Crippen LogP contribution < -0.4 is 10.6 Å². The fourth-order valence-electron chi connectivity index (χ4n) is 2.53. The lowest BCUT2D eigenvalue weighted by Gasteiger charge is -2.32. The molecule has 1 heterocycles. The van der Waals surface area contributed by atoms with Crippen molar-refractivity contribution in [2.75, 3.05) is 25.0 Å². The lowest BCUT2D eigenvalue weighted by molar-refractivity contribution is -0.120. The molecule has 1 saturated heterocycles. The number of anilines is 1. The summed E-state index contributed by atoms with van der Waals surface area (Å²) in [5, 5.41) is 5.80. The molecule has 2 amide bonds. The van der Waals surface area contributed by atoms with Crippen LogP contribution in [0.15, 0.2) is 30.3 Å². The van der Waals surface area contributed by atoms with Gasteiger partial charge in [0.05, 0.1) is 6.54 Å². The van der Waals surface area contributed by atoms with Crippen LogP contribution in [0.5, 0.6) is 0 Å². The number of hydrogen-bond acceptors (Lipinski definition) is 3. The van der Waals surface area contributed by atoms with Gasteiger partial charge in [0.1, 0.15) is 0 Å². The van der Waals surface area contributed by atoms with E-state index in [-0.39, 0.29) is 17.9 Å². The molecular weight excluding hydrogens is 254 g/mol. The third kappa shape index (κ3) is 4.66. The van der Waals surface area contributed by atoms with Crippen LogP contribution in [0.25, 0.3) is 0 Å². The molecule has 0 saturated carbocycles. The molecule has 1 aliphatic heterocycles. The maximum Gasteiger partial charge on any atom is 0.238 e. The Morgan fingerprint density at radius 3 is 2.75 bits per heavy atom. The highest BCUT2D eigenvalue weighted by atomic mass is 16.2. The van der Waals surface area contributed by atoms with Gasteiger partial charge in [-0.1, -0.05) is 18.2 Å². The lowest BCUT2D eigenvalue weighted by atomic mass is 10.1. The van der Waals surface area contributed by atoms with Gasteiger partial charge in [0.15, 0.2) is 0 Å². The van der Waals surface area contributed by atoms with E-state index in [0.29, 0.717) is 6.54 Å². The number of nitrogens with zero attached hydrogens (tertiary/aromatic N) is 1. The Kier molecular flexibility index (Phi) is 5.12. The molecule has 0 spiro atoms. The maximum absolute atomic E-state index is 12.0. The molecule has 0 aliphatic carbocycles. The molecule has 2 rings (SSSR count). The number of carbonyl (C=O) groups is 2. The number of rotatable bonds is 4. The zero-order valence-corrected chi connectivity index (χ0v) is 11.8. The third-order valence-corrected chi connectivity index (χ3v) is 3.34. The van der Waals surface area contributed by atoms with Crippen LogP contribution in [0, 0.1) is 0 Å². The van der Waals surface area contributed by atoms with Crippen molar-refractivity contribution in [2.24, 2.45) is 0 Å². The molecular formula is C15H21N3O2. The first-order valence-electron chi connectivity index (χ1n) is 6.98. The molecule has 5 heteroatoms. The van der Waals surface area contributed by atoms with Crippen LogP contribution in [0.4, 0.5) is 5.69 Å². The van der Waals surface area contributed by atoms with Gasteiger partial charge >= 0.3 is 0 Å². The normalized spacial score (nSPS) is 19.4. The number of benzene rings is 1. The Hall–Kier alpha value is -1.88. The van der Waals surface area contributed by atoms with E-state index in [2.05, 4.69) is 15.5 Å². The lowest BCUT2D eigenvalue weighted by Crippen LogP contribution is -2.49. The maximum atomic E-state index is 12.0. The summed E-state index contributed by atoms with van der Waals surface area (Å²) in [4.78, 5) is 25.1. The molecule has 1 unspecified atom stereocenters. The van der Waals surface area contributed by atoms with Gasteiger partial charge in [0.25, 0.3) is 0 Å². The van der Waals surface area contributed by atoms with Gasteiger partial charge in [0.2, 0.25) is 11.8 Å². The number of amides is 2. The molecule has 5 nitrogen and oxygen atoms in total. The Balaban J connectivity index is 1.80. The van der Waals surface area contributed by atoms with Crippen LogP contribution in [0.3, 0.4) is 0 Å². The summed E-state index contributed by atoms with van der Waals surface area (Å²) in [5.41, 5.74) is 0.813. The van der Waals surface area contributed by atoms with Crippen molar-refractivity contribution < 1.29 is 9.59 Å². The molecule has 0 aromatic heterocycles. The summed E-state index contributed by atoms with van der Waals surface area (Å²) >= 11 is 0. The van der Waals surface area contributed by atoms with Gasteiger partial charge in [-0.25, -0.2) is 0 Å². The van der Waals surface area contributed by atoms with Gasteiger partial charge in [-0.05, 0) is 31.5 Å². The van der Waals surface area contributed by atoms with Gasteiger partial charge < -0.3 is 10.6 Å². The Morgan fingerprint density at radius 2 is 2.05 bits per heavy atom. The minimum Gasteiger partial charge on any atom is -0.352 e. The largest absolute Gasteiger partial charge is 0.352 e. The van der Waals surface area contributed by atoms with E-state index in [4.69, 9.17) is 0 Å². The van der Waals surface area contributed by atoms with E-state index in [1.807, 2.05) is 30.3 Å². The van der Waals surface area contributed by atoms with E-state index in [9.17, 15) is 9.59 Å². The minimum absolute atomic E-state index is 0.00872. The van der Waals surface area contributed by atoms with E-state index in [1.165, 1.54) is 6.92 Å². The van der Waals surface area contributed by atoms with Crippen molar-refractivity contribution in [1.29, 1.82) is 0 Å². The molecule has 1 fully saturated rings. The number of nitrogens with one attached hydrogen (secondary N) is 2. The summed E-state index contributed by atoms with van der Waals surface area (Å²) in [6, 6.07) is 9.60. The molecule has 1 aromatic carbocycles. The zero-order chi connectivity index (χ0) is 14.4. The molecule has 0 radical (unpaired) electrons. The van der Waals surface area contributed by atoms with Crippen LogP contribution in [-0.4, -0.2) is 42.4 Å². The van der Waals surface area contributed by atoms with Crippen LogP contribution in [0.2, 0.25) is 0 Å². The first kappa shape index (κ1) is 14.5. The van der Waals surface area contributed by atoms with Crippen LogP contribution in [-0.2, 0) is 9.59 Å². The van der Waals surface area contributed by atoms with E-state index in [1.54, 1.807) is 0 Å². The molecule has 1 aliphatic rings. The van der Waals surface area contributed by atoms with Crippen molar-refractivity contribution in [3.63, 3.8) is 0 Å². The number of hydrogen-bond donors (Lipinski definition) is 2. The third-order valence-electron chi connectivity index (χ3n) is 3.34. The topological polar surface area (TPSA) is 61.4 Å². The van der Waals surface area contributed by atoms with Gasteiger partial charge in [0, 0.05) is 25.2 Å². The summed E-state index contributed by atoms with van der Waals surface area (Å²) in [5.74, 6) is -0.0229. The first-order chi connectivity index (χ1) is 9.63. The fourth-order valence-corrected chi connectivity index (χ4v) is 2.53. The molecule has 1 atom stereocenters. The number of para-hydroxylation sites is 1. The predicted molar refractivity (Wildman–Crippen MR) is 78.4 cm³/mol. The first-order valence-corrected chi connectivity index (χ1v) is 6.98. The van der Waals surface area contributed by atoms with E-state index < -0.39 is 0 Å². The van der Waals surface area contributed by atoms with Crippen molar-refractivity contribution >= 4 is 17.5 Å².